The van der Waals surface area contributed by atoms with Gasteiger partial charge in [-0.05, 0) is 30.0 Å². The van der Waals surface area contributed by atoms with E-state index >= 15 is 0 Å². The molecule has 1 N–H and O–H groups in total. The van der Waals surface area contributed by atoms with Crippen molar-refractivity contribution in [3.63, 3.8) is 0 Å². The number of rotatable bonds is 2. The quantitative estimate of drug-likeness (QED) is 0.856. The van der Waals surface area contributed by atoms with Crippen LogP contribution >= 0.6 is 0 Å². The maximum atomic E-state index is 12.1. The molecule has 1 aromatic carbocycles. The summed E-state index contributed by atoms with van der Waals surface area (Å²) in [6, 6.07) is 5.11. The number of phenols is 1. The van der Waals surface area contributed by atoms with Crippen molar-refractivity contribution < 1.29 is 9.90 Å². The number of carbonyl (C=O) groups excluding carboxylic acids is 1. The van der Waals surface area contributed by atoms with Gasteiger partial charge in [0.1, 0.15) is 5.75 Å². The summed E-state index contributed by atoms with van der Waals surface area (Å²) in [5.74, 6) is -0.0896. The van der Waals surface area contributed by atoms with E-state index in [1.165, 1.54) is 0 Å². The Labute approximate surface area is 103 Å². The fraction of sp³-hybridized carbons (Fsp3) is 0.500. The lowest BCUT2D eigenvalue weighted by Gasteiger charge is -2.26. The fourth-order valence-corrected chi connectivity index (χ4v) is 1.81. The largest absolute Gasteiger partial charge is 0.507 e. The van der Waals surface area contributed by atoms with Crippen LogP contribution in [0.15, 0.2) is 18.2 Å². The second-order valence-electron chi connectivity index (χ2n) is 5.74. The third-order valence-corrected chi connectivity index (χ3v) is 2.44. The van der Waals surface area contributed by atoms with E-state index in [-0.39, 0.29) is 17.1 Å². The maximum Gasteiger partial charge on any atom is 0.257 e. The van der Waals surface area contributed by atoms with Gasteiger partial charge in [0.15, 0.2) is 0 Å². The Morgan fingerprint density at radius 2 is 1.94 bits per heavy atom. The first-order valence-electron chi connectivity index (χ1n) is 5.76. The van der Waals surface area contributed by atoms with Gasteiger partial charge in [-0.25, -0.2) is 0 Å². The summed E-state index contributed by atoms with van der Waals surface area (Å²) < 4.78 is 0. The second-order valence-corrected chi connectivity index (χ2v) is 5.74. The number of nitrogens with zero attached hydrogens (tertiary/aromatic N) is 1. The van der Waals surface area contributed by atoms with Crippen LogP contribution in [0.25, 0.3) is 0 Å². The lowest BCUT2D eigenvalue weighted by molar-refractivity contribution is 0.0742. The van der Waals surface area contributed by atoms with E-state index in [1.807, 2.05) is 13.0 Å². The highest BCUT2D eigenvalue weighted by Crippen LogP contribution is 2.22. The van der Waals surface area contributed by atoms with E-state index in [9.17, 15) is 9.90 Å². The second kappa shape index (κ2) is 4.78. The summed E-state index contributed by atoms with van der Waals surface area (Å²) in [4.78, 5) is 13.8. The Hall–Kier alpha value is -1.51. The molecule has 0 saturated heterocycles. The first kappa shape index (κ1) is 13.6. The highest BCUT2D eigenvalue weighted by Gasteiger charge is 2.20. The van der Waals surface area contributed by atoms with Crippen molar-refractivity contribution in [2.45, 2.75) is 27.7 Å². The lowest BCUT2D eigenvalue weighted by atomic mass is 9.96. The topological polar surface area (TPSA) is 40.5 Å². The number of hydrogen-bond acceptors (Lipinski definition) is 2. The molecule has 1 amide bonds. The zero-order valence-corrected chi connectivity index (χ0v) is 11.2. The molecule has 0 bridgehead atoms. The number of carbonyl (C=O) groups is 1. The third-order valence-electron chi connectivity index (χ3n) is 2.44. The molecule has 1 rings (SSSR count). The molecule has 3 nitrogen and oxygen atoms in total. The van der Waals surface area contributed by atoms with E-state index in [0.717, 1.165) is 5.56 Å². The minimum absolute atomic E-state index is 0.0464. The van der Waals surface area contributed by atoms with Crippen LogP contribution in [-0.2, 0) is 0 Å². The normalized spacial score (nSPS) is 11.4. The molecule has 94 valence electrons. The van der Waals surface area contributed by atoms with Crippen LogP contribution in [0, 0.1) is 12.3 Å². The number of phenolic OH excluding ortho intramolecular Hbond substituents is 1. The minimum Gasteiger partial charge on any atom is -0.507 e. The molecule has 0 aliphatic rings. The Morgan fingerprint density at radius 3 is 2.41 bits per heavy atom. The van der Waals surface area contributed by atoms with Crippen molar-refractivity contribution in [1.82, 2.24) is 4.90 Å². The predicted molar refractivity (Wildman–Crippen MR) is 69.3 cm³/mol. The fourth-order valence-electron chi connectivity index (χ4n) is 1.81. The molecule has 0 unspecified atom stereocenters. The van der Waals surface area contributed by atoms with E-state index in [4.69, 9.17) is 0 Å². The number of amides is 1. The summed E-state index contributed by atoms with van der Waals surface area (Å²) in [6.45, 7) is 8.76. The van der Waals surface area contributed by atoms with Gasteiger partial charge in [0.05, 0.1) is 5.56 Å². The van der Waals surface area contributed by atoms with Crippen LogP contribution in [0.3, 0.4) is 0 Å². The summed E-state index contributed by atoms with van der Waals surface area (Å²) in [5, 5.41) is 9.76. The third kappa shape index (κ3) is 3.77. The van der Waals surface area contributed by atoms with Crippen LogP contribution in [0.5, 0.6) is 5.75 Å². The molecule has 0 spiro atoms. The summed E-state index contributed by atoms with van der Waals surface area (Å²) in [5.41, 5.74) is 1.35. The van der Waals surface area contributed by atoms with Crippen LogP contribution in [-0.4, -0.2) is 29.5 Å². The maximum absolute atomic E-state index is 12.1. The van der Waals surface area contributed by atoms with Gasteiger partial charge >= 0.3 is 0 Å². The predicted octanol–water partition coefficient (Wildman–Crippen LogP) is 2.82. The monoisotopic (exact) mass is 235 g/mol. The van der Waals surface area contributed by atoms with Crippen LogP contribution < -0.4 is 0 Å². The number of aryl methyl sites for hydroxylation is 1. The van der Waals surface area contributed by atoms with Crippen molar-refractivity contribution in [2.24, 2.45) is 5.41 Å². The standard InChI is InChI=1S/C14H21NO2/c1-10-6-7-11(12(16)8-10)13(17)15(5)9-14(2,3)4/h6-8,16H,9H2,1-5H3. The molecular weight excluding hydrogens is 214 g/mol. The van der Waals surface area contributed by atoms with Crippen molar-refractivity contribution in [3.05, 3.63) is 29.3 Å². The first-order chi connectivity index (χ1) is 7.70. The van der Waals surface area contributed by atoms with Crippen LogP contribution in [0.4, 0.5) is 0 Å². The van der Waals surface area contributed by atoms with E-state index in [1.54, 1.807) is 24.1 Å². The van der Waals surface area contributed by atoms with E-state index in [0.29, 0.717) is 12.1 Å². The van der Waals surface area contributed by atoms with Crippen LogP contribution in [0.2, 0.25) is 0 Å². The average molecular weight is 235 g/mol. The molecular formula is C14H21NO2. The highest BCUT2D eigenvalue weighted by molar-refractivity contribution is 5.96. The van der Waals surface area contributed by atoms with Gasteiger partial charge in [-0.3, -0.25) is 4.79 Å². The van der Waals surface area contributed by atoms with Gasteiger partial charge in [-0.1, -0.05) is 26.8 Å². The molecule has 0 atom stereocenters. The Morgan fingerprint density at radius 1 is 1.35 bits per heavy atom. The summed E-state index contributed by atoms with van der Waals surface area (Å²) in [6.07, 6.45) is 0. The zero-order chi connectivity index (χ0) is 13.2. The molecule has 1 aromatic rings. The SMILES string of the molecule is Cc1ccc(C(=O)N(C)CC(C)(C)C)c(O)c1. The summed E-state index contributed by atoms with van der Waals surface area (Å²) in [7, 11) is 1.76. The van der Waals surface area contributed by atoms with Crippen molar-refractivity contribution >= 4 is 5.91 Å². The molecule has 0 saturated carbocycles. The molecule has 0 aliphatic carbocycles. The molecule has 3 heteroatoms. The number of aromatic hydroxyl groups is 1. The van der Waals surface area contributed by atoms with E-state index < -0.39 is 0 Å². The molecule has 0 aliphatic heterocycles. The molecule has 0 radical (unpaired) electrons. The average Bonchev–Trinajstić information content (AvgIpc) is 2.14. The molecule has 17 heavy (non-hydrogen) atoms. The highest BCUT2D eigenvalue weighted by atomic mass is 16.3. The zero-order valence-electron chi connectivity index (χ0n) is 11.2. The lowest BCUT2D eigenvalue weighted by Crippen LogP contribution is -2.34. The summed E-state index contributed by atoms with van der Waals surface area (Å²) >= 11 is 0. The Kier molecular flexibility index (Phi) is 3.81. The minimum atomic E-state index is -0.141. The van der Waals surface area contributed by atoms with Gasteiger partial charge in [0, 0.05) is 13.6 Å². The van der Waals surface area contributed by atoms with Gasteiger partial charge in [-0.15, -0.1) is 0 Å². The van der Waals surface area contributed by atoms with E-state index in [2.05, 4.69) is 20.8 Å². The molecule has 0 aromatic heterocycles. The smallest absolute Gasteiger partial charge is 0.257 e. The number of benzene rings is 1. The van der Waals surface area contributed by atoms with Gasteiger partial charge in [0.2, 0.25) is 0 Å². The first-order valence-corrected chi connectivity index (χ1v) is 5.76. The Balaban J connectivity index is 2.89. The number of hydrogen-bond donors (Lipinski definition) is 1. The molecule has 0 heterocycles. The van der Waals surface area contributed by atoms with Crippen LogP contribution in [0.1, 0.15) is 36.7 Å². The van der Waals surface area contributed by atoms with Crippen molar-refractivity contribution in [1.29, 1.82) is 0 Å². The Bertz CT molecular complexity index is 419. The van der Waals surface area contributed by atoms with Gasteiger partial charge in [-0.2, -0.15) is 0 Å². The molecule has 0 fully saturated rings. The van der Waals surface area contributed by atoms with Crippen molar-refractivity contribution in [2.75, 3.05) is 13.6 Å². The van der Waals surface area contributed by atoms with Crippen molar-refractivity contribution in [3.8, 4) is 5.75 Å². The van der Waals surface area contributed by atoms with Gasteiger partial charge < -0.3 is 10.0 Å². The van der Waals surface area contributed by atoms with Gasteiger partial charge in [0.25, 0.3) is 5.91 Å².